The lowest BCUT2D eigenvalue weighted by molar-refractivity contribution is 0.121. The minimum atomic E-state index is -0.316. The fourth-order valence-corrected chi connectivity index (χ4v) is 4.34. The van der Waals surface area contributed by atoms with Gasteiger partial charge in [0.2, 0.25) is 0 Å². The van der Waals surface area contributed by atoms with Gasteiger partial charge in [-0.05, 0) is 49.6 Å². The Bertz CT molecular complexity index is 1150. The van der Waals surface area contributed by atoms with Crippen molar-refractivity contribution < 1.29 is 13.9 Å². The lowest BCUT2D eigenvalue weighted by Gasteiger charge is -2.34. The van der Waals surface area contributed by atoms with Crippen molar-refractivity contribution in [3.63, 3.8) is 0 Å². The van der Waals surface area contributed by atoms with Crippen LogP contribution in [0.5, 0.6) is 11.5 Å². The summed E-state index contributed by atoms with van der Waals surface area (Å²) in [5.74, 6) is 1.25. The van der Waals surface area contributed by atoms with Crippen molar-refractivity contribution in [2.24, 2.45) is 0 Å². The Balaban J connectivity index is 1.27. The molecule has 0 spiro atoms. The molecule has 0 N–H and O–H groups in total. The van der Waals surface area contributed by atoms with Crippen LogP contribution in [0.4, 0.5) is 0 Å². The molecule has 1 saturated heterocycles. The van der Waals surface area contributed by atoms with E-state index in [1.165, 1.54) is 5.56 Å². The standard InChI is InChI=1S/C26H31ClN2O4/c1-18-19(2)26(30)33-23-16-24(31-3)25(15-22(18)23)32-14-4-9-28-10-12-29(13-11-28)17-20-5-7-21(27)8-6-20/h5-8,15-16H,4,9-14,17H2,1-3H3. The predicted molar refractivity (Wildman–Crippen MR) is 132 cm³/mol. The molecule has 4 rings (SSSR count). The summed E-state index contributed by atoms with van der Waals surface area (Å²) in [7, 11) is 1.59. The number of methoxy groups -OCH3 is 1. The Labute approximate surface area is 199 Å². The molecule has 1 aromatic heterocycles. The van der Waals surface area contributed by atoms with Gasteiger partial charge in [0.25, 0.3) is 0 Å². The van der Waals surface area contributed by atoms with Gasteiger partial charge in [0.1, 0.15) is 5.58 Å². The third kappa shape index (κ3) is 5.69. The van der Waals surface area contributed by atoms with Crippen LogP contribution in [0.3, 0.4) is 0 Å². The molecule has 7 heteroatoms. The predicted octanol–water partition coefficient (Wildman–Crippen LogP) is 4.66. The molecule has 6 nitrogen and oxygen atoms in total. The van der Waals surface area contributed by atoms with Gasteiger partial charge in [-0.3, -0.25) is 4.90 Å². The van der Waals surface area contributed by atoms with Gasteiger partial charge in [0.15, 0.2) is 11.5 Å². The Morgan fingerprint density at radius 1 is 0.970 bits per heavy atom. The van der Waals surface area contributed by atoms with E-state index in [0.717, 1.165) is 61.7 Å². The molecule has 0 unspecified atom stereocenters. The first-order valence-electron chi connectivity index (χ1n) is 11.4. The maximum atomic E-state index is 12.0. The van der Waals surface area contributed by atoms with Crippen LogP contribution >= 0.6 is 11.6 Å². The quantitative estimate of drug-likeness (QED) is 0.352. The molecule has 0 amide bonds. The average Bonchev–Trinajstić information content (AvgIpc) is 2.82. The monoisotopic (exact) mass is 470 g/mol. The second kappa shape index (κ2) is 10.6. The van der Waals surface area contributed by atoms with Gasteiger partial charge >= 0.3 is 5.63 Å². The summed E-state index contributed by atoms with van der Waals surface area (Å²) in [6.45, 7) is 10.5. The topological polar surface area (TPSA) is 55.2 Å². The maximum absolute atomic E-state index is 12.0. The van der Waals surface area contributed by atoms with Gasteiger partial charge in [-0.1, -0.05) is 23.7 Å². The third-order valence-electron chi connectivity index (χ3n) is 6.40. The SMILES string of the molecule is COc1cc2oc(=O)c(C)c(C)c2cc1OCCCN1CCN(Cc2ccc(Cl)cc2)CC1. The Kier molecular flexibility index (Phi) is 7.58. The molecule has 1 aliphatic rings. The van der Waals surface area contributed by atoms with Crippen LogP contribution < -0.4 is 15.1 Å². The number of halogens is 1. The van der Waals surface area contributed by atoms with E-state index in [-0.39, 0.29) is 5.63 Å². The van der Waals surface area contributed by atoms with Gasteiger partial charge in [-0.25, -0.2) is 4.79 Å². The van der Waals surface area contributed by atoms with E-state index in [9.17, 15) is 4.79 Å². The summed E-state index contributed by atoms with van der Waals surface area (Å²) < 4.78 is 17.0. The highest BCUT2D eigenvalue weighted by atomic mass is 35.5. The van der Waals surface area contributed by atoms with Gasteiger partial charge in [0.05, 0.1) is 13.7 Å². The number of rotatable bonds is 8. The molecule has 1 fully saturated rings. The van der Waals surface area contributed by atoms with Gasteiger partial charge in [0, 0.05) is 61.3 Å². The number of aryl methyl sites for hydroxylation is 1. The number of benzene rings is 2. The van der Waals surface area contributed by atoms with Gasteiger partial charge in [-0.2, -0.15) is 0 Å². The highest BCUT2D eigenvalue weighted by Crippen LogP contribution is 2.34. The molecule has 0 radical (unpaired) electrons. The smallest absolute Gasteiger partial charge is 0.339 e. The van der Waals surface area contributed by atoms with Crippen molar-refractivity contribution in [2.45, 2.75) is 26.8 Å². The van der Waals surface area contributed by atoms with E-state index in [1.54, 1.807) is 20.1 Å². The van der Waals surface area contributed by atoms with E-state index in [2.05, 4.69) is 21.9 Å². The van der Waals surface area contributed by atoms with E-state index >= 15 is 0 Å². The Morgan fingerprint density at radius 2 is 1.67 bits per heavy atom. The zero-order valence-corrected chi connectivity index (χ0v) is 20.3. The molecule has 1 aliphatic heterocycles. The summed E-state index contributed by atoms with van der Waals surface area (Å²) in [6, 6.07) is 11.8. The number of nitrogens with zero attached hydrogens (tertiary/aromatic N) is 2. The van der Waals surface area contributed by atoms with Crippen molar-refractivity contribution >= 4 is 22.6 Å². The minimum absolute atomic E-state index is 0.316. The van der Waals surface area contributed by atoms with E-state index in [1.807, 2.05) is 25.1 Å². The number of hydrogen-bond donors (Lipinski definition) is 0. The molecular formula is C26H31ClN2O4. The molecule has 2 heterocycles. The molecule has 0 bridgehead atoms. The van der Waals surface area contributed by atoms with Crippen LogP contribution in [-0.2, 0) is 6.54 Å². The molecule has 0 aliphatic carbocycles. The van der Waals surface area contributed by atoms with Crippen LogP contribution in [0, 0.1) is 13.8 Å². The fraction of sp³-hybridized carbons (Fsp3) is 0.423. The average molecular weight is 471 g/mol. The Hall–Kier alpha value is -2.54. The van der Waals surface area contributed by atoms with Crippen LogP contribution in [0.2, 0.25) is 5.02 Å². The summed E-state index contributed by atoms with van der Waals surface area (Å²) >= 11 is 5.98. The highest BCUT2D eigenvalue weighted by Gasteiger charge is 2.17. The second-order valence-electron chi connectivity index (χ2n) is 8.59. The van der Waals surface area contributed by atoms with Crippen LogP contribution in [0.15, 0.2) is 45.6 Å². The number of piperazine rings is 1. The maximum Gasteiger partial charge on any atom is 0.339 e. The number of hydrogen-bond acceptors (Lipinski definition) is 6. The molecular weight excluding hydrogens is 440 g/mol. The first-order valence-corrected chi connectivity index (χ1v) is 11.8. The minimum Gasteiger partial charge on any atom is -0.493 e. The fourth-order valence-electron chi connectivity index (χ4n) is 4.21. The zero-order valence-electron chi connectivity index (χ0n) is 19.5. The van der Waals surface area contributed by atoms with Crippen molar-refractivity contribution in [1.82, 2.24) is 9.80 Å². The van der Waals surface area contributed by atoms with E-state index in [0.29, 0.717) is 29.3 Å². The van der Waals surface area contributed by atoms with Gasteiger partial charge in [-0.15, -0.1) is 0 Å². The molecule has 0 saturated carbocycles. The lowest BCUT2D eigenvalue weighted by atomic mass is 10.1. The summed E-state index contributed by atoms with van der Waals surface area (Å²) in [5, 5.41) is 1.66. The van der Waals surface area contributed by atoms with E-state index < -0.39 is 0 Å². The highest BCUT2D eigenvalue weighted by molar-refractivity contribution is 6.30. The first-order chi connectivity index (χ1) is 15.9. The summed E-state index contributed by atoms with van der Waals surface area (Å²) in [5.41, 5.74) is 3.03. The molecule has 33 heavy (non-hydrogen) atoms. The number of ether oxygens (including phenoxy) is 2. The number of fused-ring (bicyclic) bond motifs is 1. The first kappa shape index (κ1) is 23.6. The summed E-state index contributed by atoms with van der Waals surface area (Å²) in [4.78, 5) is 16.9. The summed E-state index contributed by atoms with van der Waals surface area (Å²) in [6.07, 6.45) is 0.931. The Morgan fingerprint density at radius 3 is 2.36 bits per heavy atom. The van der Waals surface area contributed by atoms with Crippen molar-refractivity contribution in [1.29, 1.82) is 0 Å². The van der Waals surface area contributed by atoms with Crippen molar-refractivity contribution in [2.75, 3.05) is 46.4 Å². The van der Waals surface area contributed by atoms with E-state index in [4.69, 9.17) is 25.5 Å². The molecule has 176 valence electrons. The van der Waals surface area contributed by atoms with Gasteiger partial charge < -0.3 is 18.8 Å². The van der Waals surface area contributed by atoms with Crippen molar-refractivity contribution in [3.8, 4) is 11.5 Å². The molecule has 0 atom stereocenters. The van der Waals surface area contributed by atoms with Crippen molar-refractivity contribution in [3.05, 3.63) is 68.5 Å². The second-order valence-corrected chi connectivity index (χ2v) is 9.02. The van der Waals surface area contributed by atoms with Crippen LogP contribution in [-0.4, -0.2) is 56.2 Å². The third-order valence-corrected chi connectivity index (χ3v) is 6.65. The molecule has 2 aromatic carbocycles. The molecule has 3 aromatic rings. The lowest BCUT2D eigenvalue weighted by Crippen LogP contribution is -2.46. The zero-order chi connectivity index (χ0) is 23.4. The normalized spacial score (nSPS) is 15.2. The largest absolute Gasteiger partial charge is 0.493 e. The van der Waals surface area contributed by atoms with Crippen LogP contribution in [0.25, 0.3) is 11.0 Å². The van der Waals surface area contributed by atoms with Crippen LogP contribution in [0.1, 0.15) is 23.1 Å².